The largest absolute Gasteiger partial charge is 0.459 e. The van der Waals surface area contributed by atoms with E-state index in [-0.39, 0.29) is 24.3 Å². The average Bonchev–Trinajstić information content (AvgIpc) is 2.97. The van der Waals surface area contributed by atoms with E-state index in [4.69, 9.17) is 14.2 Å². The summed E-state index contributed by atoms with van der Waals surface area (Å²) in [4.78, 5) is 11.3. The van der Waals surface area contributed by atoms with E-state index >= 15 is 0 Å². The lowest BCUT2D eigenvalue weighted by atomic mass is 9.99. The molecule has 0 saturated carbocycles. The summed E-state index contributed by atoms with van der Waals surface area (Å²) < 4.78 is 17.4. The fourth-order valence-corrected chi connectivity index (χ4v) is 3.31. The Balaban J connectivity index is 1.77. The summed E-state index contributed by atoms with van der Waals surface area (Å²) in [5.74, 6) is -0.668. The summed E-state index contributed by atoms with van der Waals surface area (Å²) in [5, 5.41) is 0. The van der Waals surface area contributed by atoms with Crippen molar-refractivity contribution in [2.45, 2.75) is 103 Å². The number of cyclic esters (lactones) is 1. The number of hydrogen-bond donors (Lipinski definition) is 0. The lowest BCUT2D eigenvalue weighted by Gasteiger charge is -2.21. The molecular formula is C17H30O4. The molecule has 2 rings (SSSR count). The molecule has 0 aromatic rings. The highest BCUT2D eigenvalue weighted by Gasteiger charge is 2.47. The van der Waals surface area contributed by atoms with E-state index in [9.17, 15) is 4.79 Å². The molecule has 0 bridgehead atoms. The van der Waals surface area contributed by atoms with Crippen LogP contribution in [0.25, 0.3) is 0 Å². The number of ether oxygens (including phenoxy) is 3. The molecule has 0 amide bonds. The van der Waals surface area contributed by atoms with Crippen LogP contribution in [-0.4, -0.2) is 30.1 Å². The van der Waals surface area contributed by atoms with Gasteiger partial charge in [0.05, 0.1) is 6.10 Å². The minimum Gasteiger partial charge on any atom is -0.459 e. The first-order chi connectivity index (χ1) is 10.0. The van der Waals surface area contributed by atoms with Crippen molar-refractivity contribution in [3.63, 3.8) is 0 Å². The molecule has 2 fully saturated rings. The van der Waals surface area contributed by atoms with Gasteiger partial charge in [-0.05, 0) is 26.7 Å². The zero-order valence-electron chi connectivity index (χ0n) is 13.7. The summed E-state index contributed by atoms with van der Waals surface area (Å²) in [5.41, 5.74) is 0. The number of hydrogen-bond acceptors (Lipinski definition) is 4. The van der Waals surface area contributed by atoms with Crippen molar-refractivity contribution >= 4 is 5.97 Å². The van der Waals surface area contributed by atoms with Crippen LogP contribution in [-0.2, 0) is 19.0 Å². The third-order valence-corrected chi connectivity index (χ3v) is 4.35. The topological polar surface area (TPSA) is 44.8 Å². The minimum absolute atomic E-state index is 0.0575. The maximum Gasteiger partial charge on any atom is 0.306 e. The first-order valence-corrected chi connectivity index (χ1v) is 8.57. The standard InChI is InChI=1S/C17H30O4/c1-4-5-6-7-8-9-10-14-16(21-17(2,3)20-14)13-11-12-15(18)19-13/h13-14,16H,4-12H2,1-3H3/t13-,14-,16-/m1/s1. The summed E-state index contributed by atoms with van der Waals surface area (Å²) in [7, 11) is 0. The van der Waals surface area contributed by atoms with Gasteiger partial charge in [0.25, 0.3) is 0 Å². The monoisotopic (exact) mass is 298 g/mol. The normalized spacial score (nSPS) is 31.6. The van der Waals surface area contributed by atoms with Gasteiger partial charge < -0.3 is 14.2 Å². The number of rotatable bonds is 8. The van der Waals surface area contributed by atoms with Gasteiger partial charge in [-0.15, -0.1) is 0 Å². The molecule has 0 aliphatic carbocycles. The molecule has 0 radical (unpaired) electrons. The number of carbonyl (C=O) groups is 1. The highest BCUT2D eigenvalue weighted by atomic mass is 16.8. The molecule has 21 heavy (non-hydrogen) atoms. The van der Waals surface area contributed by atoms with Gasteiger partial charge in [-0.25, -0.2) is 0 Å². The van der Waals surface area contributed by atoms with E-state index in [1.165, 1.54) is 32.1 Å². The van der Waals surface area contributed by atoms with E-state index in [0.29, 0.717) is 6.42 Å². The lowest BCUT2D eigenvalue weighted by molar-refractivity contribution is -0.163. The fourth-order valence-electron chi connectivity index (χ4n) is 3.31. The van der Waals surface area contributed by atoms with E-state index in [1.54, 1.807) is 0 Å². The van der Waals surface area contributed by atoms with Gasteiger partial charge in [0.2, 0.25) is 0 Å². The molecule has 2 heterocycles. The zero-order valence-corrected chi connectivity index (χ0v) is 13.7. The van der Waals surface area contributed by atoms with Crippen molar-refractivity contribution in [2.75, 3.05) is 0 Å². The van der Waals surface area contributed by atoms with Crippen LogP contribution in [0.2, 0.25) is 0 Å². The number of unbranched alkanes of at least 4 members (excludes halogenated alkanes) is 5. The maximum absolute atomic E-state index is 11.3. The highest BCUT2D eigenvalue weighted by Crippen LogP contribution is 2.36. The SMILES string of the molecule is CCCCCCCC[C@H]1OC(C)(C)O[C@@H]1[C@H]1CCC(=O)O1. The van der Waals surface area contributed by atoms with Crippen LogP contribution in [0.4, 0.5) is 0 Å². The third kappa shape index (κ3) is 4.96. The highest BCUT2D eigenvalue weighted by molar-refractivity contribution is 5.71. The molecular weight excluding hydrogens is 268 g/mol. The molecule has 0 spiro atoms. The van der Waals surface area contributed by atoms with Crippen molar-refractivity contribution in [3.8, 4) is 0 Å². The molecule has 0 N–H and O–H groups in total. The molecule has 2 saturated heterocycles. The van der Waals surface area contributed by atoms with Gasteiger partial charge in [-0.2, -0.15) is 0 Å². The summed E-state index contributed by atoms with van der Waals surface area (Å²) in [6, 6.07) is 0. The summed E-state index contributed by atoms with van der Waals surface area (Å²) in [6.07, 6.45) is 9.75. The van der Waals surface area contributed by atoms with Crippen molar-refractivity contribution in [1.82, 2.24) is 0 Å². The smallest absolute Gasteiger partial charge is 0.306 e. The number of carbonyl (C=O) groups excluding carboxylic acids is 1. The second kappa shape index (κ2) is 7.59. The molecule has 122 valence electrons. The second-order valence-corrected chi connectivity index (χ2v) is 6.76. The summed E-state index contributed by atoms with van der Waals surface area (Å²) >= 11 is 0. The van der Waals surface area contributed by atoms with Crippen molar-refractivity contribution < 1.29 is 19.0 Å². The van der Waals surface area contributed by atoms with Crippen molar-refractivity contribution in [2.24, 2.45) is 0 Å². The Morgan fingerprint density at radius 3 is 2.48 bits per heavy atom. The fraction of sp³-hybridized carbons (Fsp3) is 0.941. The Morgan fingerprint density at radius 1 is 1.10 bits per heavy atom. The van der Waals surface area contributed by atoms with Gasteiger partial charge in [-0.1, -0.05) is 45.4 Å². The van der Waals surface area contributed by atoms with Gasteiger partial charge in [0.15, 0.2) is 5.79 Å². The van der Waals surface area contributed by atoms with E-state index in [0.717, 1.165) is 19.3 Å². The van der Waals surface area contributed by atoms with Crippen molar-refractivity contribution in [1.29, 1.82) is 0 Å². The molecule has 4 nitrogen and oxygen atoms in total. The van der Waals surface area contributed by atoms with Crippen LogP contribution >= 0.6 is 0 Å². The Kier molecular flexibility index (Phi) is 6.06. The Morgan fingerprint density at radius 2 is 1.81 bits per heavy atom. The van der Waals surface area contributed by atoms with E-state index < -0.39 is 5.79 Å². The summed E-state index contributed by atoms with van der Waals surface area (Å²) in [6.45, 7) is 6.12. The van der Waals surface area contributed by atoms with Crippen LogP contribution in [0.5, 0.6) is 0 Å². The third-order valence-electron chi connectivity index (χ3n) is 4.35. The van der Waals surface area contributed by atoms with Crippen LogP contribution in [0.15, 0.2) is 0 Å². The predicted octanol–water partition coefficient (Wildman–Crippen LogP) is 3.96. The Labute approximate surface area is 128 Å². The zero-order chi connectivity index (χ0) is 15.3. The Bertz CT molecular complexity index is 340. The average molecular weight is 298 g/mol. The molecule has 4 heteroatoms. The van der Waals surface area contributed by atoms with Crippen LogP contribution < -0.4 is 0 Å². The maximum atomic E-state index is 11.3. The predicted molar refractivity (Wildman–Crippen MR) is 80.9 cm³/mol. The first kappa shape index (κ1) is 16.8. The Hall–Kier alpha value is -0.610. The van der Waals surface area contributed by atoms with E-state index in [1.807, 2.05) is 13.8 Å². The lowest BCUT2D eigenvalue weighted by Crippen LogP contribution is -2.35. The van der Waals surface area contributed by atoms with Crippen LogP contribution in [0.3, 0.4) is 0 Å². The minimum atomic E-state index is -0.563. The quantitative estimate of drug-likeness (QED) is 0.502. The van der Waals surface area contributed by atoms with Gasteiger partial charge in [0.1, 0.15) is 12.2 Å². The van der Waals surface area contributed by atoms with Gasteiger partial charge >= 0.3 is 5.97 Å². The van der Waals surface area contributed by atoms with E-state index in [2.05, 4.69) is 6.92 Å². The molecule has 2 aliphatic heterocycles. The second-order valence-electron chi connectivity index (χ2n) is 6.76. The van der Waals surface area contributed by atoms with Crippen LogP contribution in [0, 0.1) is 0 Å². The van der Waals surface area contributed by atoms with Crippen molar-refractivity contribution in [3.05, 3.63) is 0 Å². The first-order valence-electron chi connectivity index (χ1n) is 8.57. The molecule has 0 aromatic carbocycles. The molecule has 0 aromatic heterocycles. The van der Waals surface area contributed by atoms with Crippen LogP contribution in [0.1, 0.15) is 78.6 Å². The van der Waals surface area contributed by atoms with Gasteiger partial charge in [-0.3, -0.25) is 4.79 Å². The molecule has 3 atom stereocenters. The number of esters is 1. The van der Waals surface area contributed by atoms with Gasteiger partial charge in [0, 0.05) is 6.42 Å². The molecule has 2 aliphatic rings. The molecule has 0 unspecified atom stereocenters.